The van der Waals surface area contributed by atoms with Crippen LogP contribution in [-0.4, -0.2) is 12.1 Å². The standard InChI is InChI=1S/C17H32O2/c1-4-6-7-8-9-10-11-12-13-17(19)15(3)16(5-2)14-18/h14-16H,4-13H2,1-3H3. The lowest BCUT2D eigenvalue weighted by Crippen LogP contribution is -2.21. The molecule has 19 heavy (non-hydrogen) atoms. The molecule has 0 amide bonds. The Labute approximate surface area is 119 Å². The van der Waals surface area contributed by atoms with E-state index in [0.29, 0.717) is 6.42 Å². The molecule has 0 fully saturated rings. The number of rotatable bonds is 13. The highest BCUT2D eigenvalue weighted by molar-refractivity contribution is 5.83. The molecular weight excluding hydrogens is 236 g/mol. The number of Topliss-reactive ketones (excluding diaryl/α,β-unsaturated/α-hetero) is 1. The molecule has 2 nitrogen and oxygen atoms in total. The van der Waals surface area contributed by atoms with Crippen LogP contribution < -0.4 is 0 Å². The Morgan fingerprint density at radius 3 is 1.95 bits per heavy atom. The summed E-state index contributed by atoms with van der Waals surface area (Å²) in [4.78, 5) is 22.7. The van der Waals surface area contributed by atoms with Crippen LogP contribution in [0.1, 0.15) is 85.0 Å². The molecule has 112 valence electrons. The van der Waals surface area contributed by atoms with Gasteiger partial charge in [-0.15, -0.1) is 0 Å². The van der Waals surface area contributed by atoms with E-state index in [0.717, 1.165) is 25.5 Å². The van der Waals surface area contributed by atoms with Gasteiger partial charge in [0.05, 0.1) is 0 Å². The number of aldehydes is 1. The van der Waals surface area contributed by atoms with E-state index in [2.05, 4.69) is 6.92 Å². The Hall–Kier alpha value is -0.660. The maximum atomic E-state index is 11.9. The van der Waals surface area contributed by atoms with Gasteiger partial charge >= 0.3 is 0 Å². The molecule has 0 aromatic rings. The van der Waals surface area contributed by atoms with Gasteiger partial charge in [0.25, 0.3) is 0 Å². The highest BCUT2D eigenvalue weighted by Gasteiger charge is 2.21. The molecule has 0 radical (unpaired) electrons. The molecule has 0 aliphatic heterocycles. The summed E-state index contributed by atoms with van der Waals surface area (Å²) >= 11 is 0. The van der Waals surface area contributed by atoms with Crippen molar-refractivity contribution in [1.82, 2.24) is 0 Å². The Balaban J connectivity index is 3.55. The summed E-state index contributed by atoms with van der Waals surface area (Å²) in [5.41, 5.74) is 0. The highest BCUT2D eigenvalue weighted by Crippen LogP contribution is 2.18. The van der Waals surface area contributed by atoms with E-state index in [1.165, 1.54) is 38.5 Å². The van der Waals surface area contributed by atoms with Gasteiger partial charge in [0, 0.05) is 18.3 Å². The average molecular weight is 268 g/mol. The van der Waals surface area contributed by atoms with Crippen LogP contribution in [0.5, 0.6) is 0 Å². The number of carbonyl (C=O) groups excluding carboxylic acids is 2. The van der Waals surface area contributed by atoms with Crippen molar-refractivity contribution in [2.24, 2.45) is 11.8 Å². The van der Waals surface area contributed by atoms with Crippen molar-refractivity contribution >= 4 is 12.1 Å². The third kappa shape index (κ3) is 8.96. The van der Waals surface area contributed by atoms with Crippen molar-refractivity contribution in [3.63, 3.8) is 0 Å². The summed E-state index contributed by atoms with van der Waals surface area (Å²) in [5.74, 6) is 0.0959. The Kier molecular flexibility index (Phi) is 11.9. The van der Waals surface area contributed by atoms with Gasteiger partial charge in [0.1, 0.15) is 12.1 Å². The van der Waals surface area contributed by atoms with Crippen molar-refractivity contribution in [3.8, 4) is 0 Å². The average Bonchev–Trinajstić information content (AvgIpc) is 2.42. The van der Waals surface area contributed by atoms with Crippen LogP contribution in [-0.2, 0) is 9.59 Å². The fraction of sp³-hybridized carbons (Fsp3) is 0.882. The summed E-state index contributed by atoms with van der Waals surface area (Å²) < 4.78 is 0. The van der Waals surface area contributed by atoms with Gasteiger partial charge < -0.3 is 4.79 Å². The summed E-state index contributed by atoms with van der Waals surface area (Å²) in [6.45, 7) is 6.10. The highest BCUT2D eigenvalue weighted by atomic mass is 16.1. The largest absolute Gasteiger partial charge is 0.303 e. The first-order valence-electron chi connectivity index (χ1n) is 8.15. The Morgan fingerprint density at radius 1 is 0.947 bits per heavy atom. The molecule has 0 saturated heterocycles. The van der Waals surface area contributed by atoms with Crippen molar-refractivity contribution in [3.05, 3.63) is 0 Å². The van der Waals surface area contributed by atoms with E-state index in [4.69, 9.17) is 0 Å². The van der Waals surface area contributed by atoms with Gasteiger partial charge in [-0.3, -0.25) is 4.79 Å². The first-order valence-corrected chi connectivity index (χ1v) is 8.15. The third-order valence-corrected chi connectivity index (χ3v) is 4.07. The van der Waals surface area contributed by atoms with Crippen molar-refractivity contribution in [1.29, 1.82) is 0 Å². The first kappa shape index (κ1) is 18.3. The molecule has 0 aliphatic rings. The molecule has 0 aliphatic carbocycles. The molecule has 0 aromatic heterocycles. The maximum Gasteiger partial charge on any atom is 0.136 e. The zero-order valence-electron chi connectivity index (χ0n) is 13.1. The van der Waals surface area contributed by atoms with Crippen molar-refractivity contribution in [2.45, 2.75) is 85.0 Å². The fourth-order valence-corrected chi connectivity index (χ4v) is 2.47. The van der Waals surface area contributed by atoms with Gasteiger partial charge in [-0.2, -0.15) is 0 Å². The fourth-order valence-electron chi connectivity index (χ4n) is 2.47. The molecule has 0 heterocycles. The number of ketones is 1. The van der Waals surface area contributed by atoms with Crippen molar-refractivity contribution in [2.75, 3.05) is 0 Å². The quantitative estimate of drug-likeness (QED) is 0.350. The molecule has 0 rings (SSSR count). The summed E-state index contributed by atoms with van der Waals surface area (Å²) in [6.07, 6.45) is 12.4. The lowest BCUT2D eigenvalue weighted by Gasteiger charge is -2.15. The molecule has 0 bridgehead atoms. The van der Waals surface area contributed by atoms with Crippen LogP contribution in [0.25, 0.3) is 0 Å². The van der Waals surface area contributed by atoms with E-state index >= 15 is 0 Å². The summed E-state index contributed by atoms with van der Waals surface area (Å²) in [7, 11) is 0. The first-order chi connectivity index (χ1) is 9.17. The summed E-state index contributed by atoms with van der Waals surface area (Å²) in [5, 5.41) is 0. The van der Waals surface area contributed by atoms with E-state index in [1.54, 1.807) is 0 Å². The Bertz CT molecular complexity index is 235. The van der Waals surface area contributed by atoms with Gasteiger partial charge in [-0.05, 0) is 12.8 Å². The molecule has 2 atom stereocenters. The lowest BCUT2D eigenvalue weighted by atomic mass is 9.87. The Morgan fingerprint density at radius 2 is 1.47 bits per heavy atom. The number of unbranched alkanes of at least 4 members (excludes halogenated alkanes) is 7. The van der Waals surface area contributed by atoms with Gasteiger partial charge in [0.2, 0.25) is 0 Å². The van der Waals surface area contributed by atoms with Gasteiger partial charge in [0.15, 0.2) is 0 Å². The number of hydrogen-bond donors (Lipinski definition) is 0. The molecular formula is C17H32O2. The van der Waals surface area contributed by atoms with E-state index in [-0.39, 0.29) is 17.6 Å². The van der Waals surface area contributed by atoms with Crippen LogP contribution >= 0.6 is 0 Å². The zero-order valence-corrected chi connectivity index (χ0v) is 13.1. The molecule has 0 spiro atoms. The minimum atomic E-state index is -0.0907. The minimum absolute atomic E-state index is 0.0819. The topological polar surface area (TPSA) is 34.1 Å². The van der Waals surface area contributed by atoms with E-state index in [1.807, 2.05) is 13.8 Å². The van der Waals surface area contributed by atoms with Crippen LogP contribution in [0, 0.1) is 11.8 Å². The smallest absolute Gasteiger partial charge is 0.136 e. The third-order valence-electron chi connectivity index (χ3n) is 4.07. The normalized spacial score (nSPS) is 14.1. The predicted molar refractivity (Wildman–Crippen MR) is 81.2 cm³/mol. The SMILES string of the molecule is CCCCCCCCCCC(=O)C(C)C(C=O)CC. The predicted octanol–water partition coefficient (Wildman–Crippen LogP) is 4.95. The lowest BCUT2D eigenvalue weighted by molar-refractivity contribution is -0.127. The second-order valence-electron chi connectivity index (χ2n) is 5.69. The summed E-state index contributed by atoms with van der Waals surface area (Å²) in [6, 6.07) is 0. The molecule has 0 N–H and O–H groups in total. The van der Waals surface area contributed by atoms with Gasteiger partial charge in [-0.25, -0.2) is 0 Å². The maximum absolute atomic E-state index is 11.9. The van der Waals surface area contributed by atoms with E-state index in [9.17, 15) is 9.59 Å². The molecule has 0 saturated carbocycles. The van der Waals surface area contributed by atoms with E-state index < -0.39 is 0 Å². The van der Waals surface area contributed by atoms with Crippen LogP contribution in [0.15, 0.2) is 0 Å². The second kappa shape index (κ2) is 12.4. The molecule has 2 unspecified atom stereocenters. The second-order valence-corrected chi connectivity index (χ2v) is 5.69. The van der Waals surface area contributed by atoms with Crippen LogP contribution in [0.4, 0.5) is 0 Å². The van der Waals surface area contributed by atoms with Crippen molar-refractivity contribution < 1.29 is 9.59 Å². The monoisotopic (exact) mass is 268 g/mol. The molecule has 0 aromatic carbocycles. The van der Waals surface area contributed by atoms with Crippen LogP contribution in [0.3, 0.4) is 0 Å². The minimum Gasteiger partial charge on any atom is -0.303 e. The van der Waals surface area contributed by atoms with Gasteiger partial charge in [-0.1, -0.05) is 65.7 Å². The molecule has 2 heteroatoms. The zero-order chi connectivity index (χ0) is 14.5. The van der Waals surface area contributed by atoms with Crippen LogP contribution in [0.2, 0.25) is 0 Å². The number of carbonyl (C=O) groups is 2. The number of hydrogen-bond acceptors (Lipinski definition) is 2.